The first-order valence-corrected chi connectivity index (χ1v) is 4.05. The third-order valence-corrected chi connectivity index (χ3v) is 1.26. The monoisotopic (exact) mass is 138 g/mol. The first-order valence-electron chi connectivity index (χ1n) is 4.05. The molecule has 0 aliphatic heterocycles. The Labute approximate surface area is 64.6 Å². The third kappa shape index (κ3) is 7.48. The van der Waals surface area contributed by atoms with Gasteiger partial charge in [-0.2, -0.15) is 0 Å². The molecule has 0 rings (SSSR count). The van der Waals surface area contributed by atoms with Gasteiger partial charge in [0.05, 0.1) is 0 Å². The zero-order chi connectivity index (χ0) is 7.82. The van der Waals surface area contributed by atoms with Crippen LogP contribution in [0, 0.1) is 5.92 Å². The summed E-state index contributed by atoms with van der Waals surface area (Å²) in [6.45, 7) is 6.46. The second kappa shape index (κ2) is 6.60. The maximum atomic E-state index is 2.25. The van der Waals surface area contributed by atoms with Gasteiger partial charge >= 0.3 is 0 Å². The smallest absolute Gasteiger partial charge is 0.0290 e. The lowest BCUT2D eigenvalue weighted by Crippen LogP contribution is -1.76. The predicted molar refractivity (Wildman–Crippen MR) is 48.0 cm³/mol. The van der Waals surface area contributed by atoms with E-state index in [1.54, 1.807) is 0 Å². The second-order valence-corrected chi connectivity index (χ2v) is 2.82. The minimum atomic E-state index is 0.700. The van der Waals surface area contributed by atoms with E-state index < -0.39 is 0 Å². The van der Waals surface area contributed by atoms with Crippen molar-refractivity contribution in [3.8, 4) is 0 Å². The van der Waals surface area contributed by atoms with Crippen molar-refractivity contribution in [2.24, 2.45) is 5.92 Å². The van der Waals surface area contributed by atoms with Crippen LogP contribution >= 0.6 is 0 Å². The Kier molecular flexibility index (Phi) is 6.25. The zero-order valence-corrected chi connectivity index (χ0v) is 7.30. The third-order valence-electron chi connectivity index (χ3n) is 1.26. The Balaban J connectivity index is 3.18. The summed E-state index contributed by atoms with van der Waals surface area (Å²) in [6.07, 6.45) is 11.2. The molecule has 0 nitrogen and oxygen atoms in total. The average molecular weight is 138 g/mol. The molecule has 0 aromatic carbocycles. The van der Waals surface area contributed by atoms with Gasteiger partial charge in [0.2, 0.25) is 0 Å². The van der Waals surface area contributed by atoms with Crippen molar-refractivity contribution < 1.29 is 0 Å². The molecule has 58 valence electrons. The Bertz CT molecular complexity index is 107. The first kappa shape index (κ1) is 9.48. The van der Waals surface area contributed by atoms with E-state index in [-0.39, 0.29) is 0 Å². The summed E-state index contributed by atoms with van der Waals surface area (Å²) in [5, 5.41) is 0. The van der Waals surface area contributed by atoms with E-state index >= 15 is 0 Å². The highest BCUT2D eigenvalue weighted by Crippen LogP contribution is 1.98. The number of unbranched alkanes of at least 4 members (excludes halogenated alkanes) is 1. The lowest BCUT2D eigenvalue weighted by atomic mass is 10.2. The number of hydrogen-bond acceptors (Lipinski definition) is 0. The van der Waals surface area contributed by atoms with E-state index in [0.717, 1.165) is 0 Å². The molecule has 0 aromatic rings. The average Bonchev–Trinajstić information content (AvgIpc) is 1.87. The van der Waals surface area contributed by atoms with Crippen LogP contribution in [0.15, 0.2) is 24.3 Å². The van der Waals surface area contributed by atoms with E-state index in [1.165, 1.54) is 12.8 Å². The van der Waals surface area contributed by atoms with Crippen molar-refractivity contribution in [1.29, 1.82) is 0 Å². The fourth-order valence-electron chi connectivity index (χ4n) is 0.728. The molecule has 0 N–H and O–H groups in total. The van der Waals surface area contributed by atoms with Crippen LogP contribution in [0.2, 0.25) is 0 Å². The lowest BCUT2D eigenvalue weighted by molar-refractivity contribution is 0.823. The van der Waals surface area contributed by atoms with Gasteiger partial charge in [0.25, 0.3) is 0 Å². The Morgan fingerprint density at radius 3 is 2.20 bits per heavy atom. The van der Waals surface area contributed by atoms with Gasteiger partial charge in [0.1, 0.15) is 0 Å². The molecular formula is C10H18. The van der Waals surface area contributed by atoms with Gasteiger partial charge in [-0.25, -0.2) is 0 Å². The van der Waals surface area contributed by atoms with Gasteiger partial charge in [0.15, 0.2) is 0 Å². The topological polar surface area (TPSA) is 0 Å². The predicted octanol–water partition coefficient (Wildman–Crippen LogP) is 3.55. The van der Waals surface area contributed by atoms with Crippen LogP contribution < -0.4 is 0 Å². The molecule has 0 unspecified atom stereocenters. The summed E-state index contributed by atoms with van der Waals surface area (Å²) in [5.74, 6) is 0.700. The van der Waals surface area contributed by atoms with Gasteiger partial charge in [0, 0.05) is 0 Å². The molecule has 0 saturated heterocycles. The summed E-state index contributed by atoms with van der Waals surface area (Å²) < 4.78 is 0. The van der Waals surface area contributed by atoms with E-state index in [0.29, 0.717) is 5.92 Å². The van der Waals surface area contributed by atoms with E-state index in [9.17, 15) is 0 Å². The molecule has 10 heavy (non-hydrogen) atoms. The highest BCUT2D eigenvalue weighted by atomic mass is 13.9. The SMILES string of the molecule is C/C=C/CC/C=C/C(C)C. The maximum absolute atomic E-state index is 2.25. The summed E-state index contributed by atoms with van der Waals surface area (Å²) >= 11 is 0. The van der Waals surface area contributed by atoms with Gasteiger partial charge in [-0.3, -0.25) is 0 Å². The lowest BCUT2D eigenvalue weighted by Gasteiger charge is -1.91. The standard InChI is InChI=1S/C10H18/c1-4-5-6-7-8-9-10(2)3/h4-5,8-10H,6-7H2,1-3H3/b5-4+,9-8+. The molecule has 0 aliphatic carbocycles. The van der Waals surface area contributed by atoms with Crippen LogP contribution in [0.1, 0.15) is 33.6 Å². The van der Waals surface area contributed by atoms with Crippen molar-refractivity contribution in [2.75, 3.05) is 0 Å². The van der Waals surface area contributed by atoms with Gasteiger partial charge in [-0.1, -0.05) is 38.2 Å². The fourth-order valence-corrected chi connectivity index (χ4v) is 0.728. The molecule has 0 aromatic heterocycles. The van der Waals surface area contributed by atoms with Crippen LogP contribution in [-0.4, -0.2) is 0 Å². The molecule has 0 heterocycles. The van der Waals surface area contributed by atoms with Gasteiger partial charge in [-0.15, -0.1) is 0 Å². The molecule has 0 spiro atoms. The largest absolute Gasteiger partial charge is 0.0917 e. The van der Waals surface area contributed by atoms with Crippen LogP contribution in [0.4, 0.5) is 0 Å². The Morgan fingerprint density at radius 1 is 1.10 bits per heavy atom. The number of rotatable bonds is 4. The van der Waals surface area contributed by atoms with Gasteiger partial charge in [-0.05, 0) is 25.7 Å². The quantitative estimate of drug-likeness (QED) is 0.411. The minimum absolute atomic E-state index is 0.700. The highest BCUT2D eigenvalue weighted by molar-refractivity contribution is 4.87. The van der Waals surface area contributed by atoms with Crippen molar-refractivity contribution in [3.63, 3.8) is 0 Å². The summed E-state index contributed by atoms with van der Waals surface area (Å²) in [7, 11) is 0. The molecule has 0 fully saturated rings. The minimum Gasteiger partial charge on any atom is -0.0917 e. The van der Waals surface area contributed by atoms with Crippen molar-refractivity contribution in [3.05, 3.63) is 24.3 Å². The zero-order valence-electron chi connectivity index (χ0n) is 7.30. The van der Waals surface area contributed by atoms with Gasteiger partial charge < -0.3 is 0 Å². The van der Waals surface area contributed by atoms with Crippen molar-refractivity contribution in [2.45, 2.75) is 33.6 Å². The van der Waals surface area contributed by atoms with Crippen LogP contribution in [0.25, 0.3) is 0 Å². The summed E-state index contributed by atoms with van der Waals surface area (Å²) in [6, 6.07) is 0. The van der Waals surface area contributed by atoms with Crippen LogP contribution in [-0.2, 0) is 0 Å². The summed E-state index contributed by atoms with van der Waals surface area (Å²) in [5.41, 5.74) is 0. The summed E-state index contributed by atoms with van der Waals surface area (Å²) in [4.78, 5) is 0. The highest BCUT2D eigenvalue weighted by Gasteiger charge is 1.81. The number of allylic oxidation sites excluding steroid dienone is 4. The van der Waals surface area contributed by atoms with Crippen molar-refractivity contribution in [1.82, 2.24) is 0 Å². The fraction of sp³-hybridized carbons (Fsp3) is 0.600. The van der Waals surface area contributed by atoms with Crippen LogP contribution in [0.5, 0.6) is 0 Å². The van der Waals surface area contributed by atoms with E-state index in [1.807, 2.05) is 0 Å². The van der Waals surface area contributed by atoms with Crippen molar-refractivity contribution >= 4 is 0 Å². The molecule has 0 saturated carbocycles. The molecule has 0 heteroatoms. The molecule has 0 amide bonds. The second-order valence-electron chi connectivity index (χ2n) is 2.82. The normalized spacial score (nSPS) is 12.4. The Hall–Kier alpha value is -0.520. The first-order chi connectivity index (χ1) is 4.77. The van der Waals surface area contributed by atoms with E-state index in [2.05, 4.69) is 45.1 Å². The molecular weight excluding hydrogens is 120 g/mol. The maximum Gasteiger partial charge on any atom is -0.0290 e. The van der Waals surface area contributed by atoms with Crippen LogP contribution in [0.3, 0.4) is 0 Å². The molecule has 0 bridgehead atoms. The van der Waals surface area contributed by atoms with E-state index in [4.69, 9.17) is 0 Å². The molecule has 0 aliphatic rings. The molecule has 0 radical (unpaired) electrons. The Morgan fingerprint density at radius 2 is 1.70 bits per heavy atom. The number of hydrogen-bond donors (Lipinski definition) is 0. The molecule has 0 atom stereocenters.